The zero-order valence-corrected chi connectivity index (χ0v) is 12.8. The van der Waals surface area contributed by atoms with Crippen LogP contribution in [0.5, 0.6) is 0 Å². The Morgan fingerprint density at radius 2 is 2.32 bits per heavy atom. The Kier molecular flexibility index (Phi) is 3.65. The van der Waals surface area contributed by atoms with Gasteiger partial charge < -0.3 is 5.32 Å². The van der Waals surface area contributed by atoms with E-state index in [1.165, 1.54) is 0 Å². The largest absolute Gasteiger partial charge is 0.306 e. The molecule has 1 N–H and O–H groups in total. The van der Waals surface area contributed by atoms with E-state index in [0.717, 1.165) is 48.2 Å². The van der Waals surface area contributed by atoms with E-state index in [0.29, 0.717) is 6.04 Å². The van der Waals surface area contributed by atoms with Crippen LogP contribution in [0.2, 0.25) is 0 Å². The van der Waals surface area contributed by atoms with Gasteiger partial charge in [0.15, 0.2) is 0 Å². The molecule has 3 aromatic rings. The van der Waals surface area contributed by atoms with E-state index in [9.17, 15) is 0 Å². The lowest BCUT2D eigenvalue weighted by Crippen LogP contribution is -2.37. The fourth-order valence-electron chi connectivity index (χ4n) is 2.65. The van der Waals surface area contributed by atoms with E-state index < -0.39 is 0 Å². The first-order valence-corrected chi connectivity index (χ1v) is 8.22. The van der Waals surface area contributed by atoms with Gasteiger partial charge in [0.05, 0.1) is 17.9 Å². The van der Waals surface area contributed by atoms with Crippen LogP contribution in [0.3, 0.4) is 0 Å². The van der Waals surface area contributed by atoms with Crippen molar-refractivity contribution < 1.29 is 0 Å². The molecule has 0 saturated heterocycles. The third kappa shape index (κ3) is 2.77. The first-order chi connectivity index (χ1) is 10.9. The highest BCUT2D eigenvalue weighted by Crippen LogP contribution is 2.21. The molecule has 0 bridgehead atoms. The Balaban J connectivity index is 1.38. The van der Waals surface area contributed by atoms with Crippen LogP contribution in [0.4, 0.5) is 0 Å². The molecule has 22 heavy (non-hydrogen) atoms. The normalized spacial score (nSPS) is 17.4. The number of rotatable bonds is 4. The molecule has 0 unspecified atom stereocenters. The molecule has 0 amide bonds. The van der Waals surface area contributed by atoms with Crippen molar-refractivity contribution in [3.63, 3.8) is 0 Å². The second kappa shape index (κ2) is 5.94. The average Bonchev–Trinajstić information content (AvgIpc) is 3.22. The van der Waals surface area contributed by atoms with Crippen molar-refractivity contribution in [2.75, 3.05) is 0 Å². The summed E-state index contributed by atoms with van der Waals surface area (Å²) in [7, 11) is 0. The van der Waals surface area contributed by atoms with Crippen molar-refractivity contribution in [3.05, 3.63) is 47.6 Å². The summed E-state index contributed by atoms with van der Waals surface area (Å²) in [6.07, 6.45) is 5.51. The molecule has 1 atom stereocenters. The number of thiazole rings is 1. The van der Waals surface area contributed by atoms with Gasteiger partial charge in [0, 0.05) is 30.6 Å². The Bertz CT molecular complexity index is 750. The van der Waals surface area contributed by atoms with E-state index in [4.69, 9.17) is 0 Å². The van der Waals surface area contributed by atoms with E-state index in [-0.39, 0.29) is 0 Å². The van der Waals surface area contributed by atoms with Crippen LogP contribution < -0.4 is 5.32 Å². The summed E-state index contributed by atoms with van der Waals surface area (Å²) in [5.41, 5.74) is 2.00. The summed E-state index contributed by atoms with van der Waals surface area (Å²) >= 11 is 1.64. The highest BCUT2D eigenvalue weighted by atomic mass is 32.1. The second-order valence-corrected chi connectivity index (χ2v) is 6.19. The van der Waals surface area contributed by atoms with E-state index in [2.05, 4.69) is 30.7 Å². The van der Waals surface area contributed by atoms with Gasteiger partial charge in [-0.3, -0.25) is 4.98 Å². The number of nitrogens with zero attached hydrogens (tertiary/aromatic N) is 5. The number of hydrogen-bond donors (Lipinski definition) is 1. The van der Waals surface area contributed by atoms with Crippen LogP contribution in [-0.2, 0) is 19.5 Å². The van der Waals surface area contributed by atoms with Gasteiger partial charge in [0.1, 0.15) is 17.2 Å². The van der Waals surface area contributed by atoms with Crippen molar-refractivity contribution in [1.82, 2.24) is 30.0 Å². The fourth-order valence-corrected chi connectivity index (χ4v) is 3.44. The Morgan fingerprint density at radius 1 is 1.32 bits per heavy atom. The van der Waals surface area contributed by atoms with Crippen molar-refractivity contribution in [3.8, 4) is 10.7 Å². The van der Waals surface area contributed by atoms with Crippen molar-refractivity contribution in [2.24, 2.45) is 0 Å². The lowest BCUT2D eigenvalue weighted by molar-refractivity contribution is 0.357. The van der Waals surface area contributed by atoms with Gasteiger partial charge in [-0.2, -0.15) is 5.10 Å². The summed E-state index contributed by atoms with van der Waals surface area (Å²) in [5.74, 6) is 1.09. The minimum Gasteiger partial charge on any atom is -0.306 e. The molecule has 0 aliphatic carbocycles. The molecule has 112 valence electrons. The highest BCUT2D eigenvalue weighted by molar-refractivity contribution is 7.13. The van der Waals surface area contributed by atoms with Crippen LogP contribution in [0.25, 0.3) is 10.7 Å². The molecule has 6 nitrogen and oxygen atoms in total. The highest BCUT2D eigenvalue weighted by Gasteiger charge is 2.19. The number of aryl methyl sites for hydroxylation is 1. The van der Waals surface area contributed by atoms with Crippen molar-refractivity contribution >= 4 is 11.3 Å². The van der Waals surface area contributed by atoms with E-state index in [1.807, 2.05) is 22.9 Å². The molecule has 0 radical (unpaired) electrons. The van der Waals surface area contributed by atoms with Gasteiger partial charge in [-0.15, -0.1) is 11.3 Å². The zero-order chi connectivity index (χ0) is 14.8. The molecule has 4 rings (SSSR count). The molecular formula is C15H16N6S. The summed E-state index contributed by atoms with van der Waals surface area (Å²) in [6.45, 7) is 1.66. The van der Waals surface area contributed by atoms with E-state index in [1.54, 1.807) is 23.9 Å². The summed E-state index contributed by atoms with van der Waals surface area (Å²) in [6, 6.07) is 6.32. The van der Waals surface area contributed by atoms with Crippen LogP contribution >= 0.6 is 11.3 Å². The summed E-state index contributed by atoms with van der Waals surface area (Å²) in [4.78, 5) is 13.3. The molecule has 0 aromatic carbocycles. The number of pyridine rings is 1. The van der Waals surface area contributed by atoms with Gasteiger partial charge >= 0.3 is 0 Å². The zero-order valence-electron chi connectivity index (χ0n) is 12.0. The predicted molar refractivity (Wildman–Crippen MR) is 84.3 cm³/mol. The van der Waals surface area contributed by atoms with Crippen molar-refractivity contribution in [2.45, 2.75) is 32.0 Å². The maximum Gasteiger partial charge on any atom is 0.142 e. The number of hydrogen-bond acceptors (Lipinski definition) is 6. The Morgan fingerprint density at radius 3 is 3.23 bits per heavy atom. The number of fused-ring (bicyclic) bond motifs is 1. The van der Waals surface area contributed by atoms with Crippen LogP contribution in [0.15, 0.2) is 36.1 Å². The van der Waals surface area contributed by atoms with Gasteiger partial charge in [-0.25, -0.2) is 14.6 Å². The van der Waals surface area contributed by atoms with Gasteiger partial charge in [-0.05, 0) is 18.6 Å². The van der Waals surface area contributed by atoms with Crippen LogP contribution in [0.1, 0.15) is 17.9 Å². The molecular weight excluding hydrogens is 296 g/mol. The topological polar surface area (TPSA) is 68.5 Å². The van der Waals surface area contributed by atoms with Crippen LogP contribution in [0, 0.1) is 0 Å². The van der Waals surface area contributed by atoms with Crippen LogP contribution in [-0.4, -0.2) is 30.8 Å². The fraction of sp³-hybridized carbons (Fsp3) is 0.333. The van der Waals surface area contributed by atoms with Gasteiger partial charge in [0.25, 0.3) is 0 Å². The molecule has 0 spiro atoms. The monoisotopic (exact) mass is 312 g/mol. The smallest absolute Gasteiger partial charge is 0.142 e. The van der Waals surface area contributed by atoms with Gasteiger partial charge in [-0.1, -0.05) is 6.07 Å². The Hall–Kier alpha value is -2.12. The molecule has 0 saturated carbocycles. The predicted octanol–water partition coefficient (Wildman–Crippen LogP) is 1.90. The summed E-state index contributed by atoms with van der Waals surface area (Å²) < 4.78 is 1.99. The van der Waals surface area contributed by atoms with Crippen molar-refractivity contribution in [1.29, 1.82) is 0 Å². The number of aromatic nitrogens is 5. The molecule has 7 heteroatoms. The maximum absolute atomic E-state index is 4.66. The second-order valence-electron chi connectivity index (χ2n) is 5.33. The minimum absolute atomic E-state index is 0.425. The third-order valence-electron chi connectivity index (χ3n) is 3.81. The molecule has 0 fully saturated rings. The standard InChI is InChI=1S/C15H16N6S/c1-2-6-16-13(3-1)15-20-12(9-22-15)7-17-11-4-5-14-18-10-19-21(14)8-11/h1-3,6,9-11,17H,4-5,7-8H2/t11-/m1/s1. The minimum atomic E-state index is 0.425. The average molecular weight is 312 g/mol. The first-order valence-electron chi connectivity index (χ1n) is 7.34. The summed E-state index contributed by atoms with van der Waals surface area (Å²) in [5, 5.41) is 10.9. The SMILES string of the molecule is c1ccc(-c2nc(CN[C@@H]3CCc4ncnn4C3)cs2)nc1. The Labute approximate surface area is 132 Å². The molecule has 1 aliphatic rings. The molecule has 1 aliphatic heterocycles. The molecule has 4 heterocycles. The number of nitrogens with one attached hydrogen (secondary N) is 1. The quantitative estimate of drug-likeness (QED) is 0.797. The van der Waals surface area contributed by atoms with Gasteiger partial charge in [0.2, 0.25) is 0 Å². The first kappa shape index (κ1) is 13.5. The third-order valence-corrected chi connectivity index (χ3v) is 4.73. The lowest BCUT2D eigenvalue weighted by Gasteiger charge is -2.23. The van der Waals surface area contributed by atoms with E-state index >= 15 is 0 Å². The maximum atomic E-state index is 4.66. The molecule has 3 aromatic heterocycles. The lowest BCUT2D eigenvalue weighted by atomic mass is 10.1.